The molecule has 1 heterocycles. The van der Waals surface area contributed by atoms with E-state index in [0.29, 0.717) is 10.8 Å². The summed E-state index contributed by atoms with van der Waals surface area (Å²) in [5, 5.41) is 3.28. The Bertz CT molecular complexity index is 545. The first-order valence-electron chi connectivity index (χ1n) is 5.86. The first-order chi connectivity index (χ1) is 7.71. The Morgan fingerprint density at radius 2 is 1.94 bits per heavy atom. The zero-order valence-electron chi connectivity index (χ0n) is 10.7. The van der Waals surface area contributed by atoms with Gasteiger partial charge in [-0.15, -0.1) is 0 Å². The van der Waals surface area contributed by atoms with Crippen molar-refractivity contribution in [2.45, 2.75) is 44.0 Å². The van der Waals surface area contributed by atoms with Gasteiger partial charge in [0, 0.05) is 5.54 Å². The number of hydrogen-bond donors (Lipinski definition) is 1. The molecule has 17 heavy (non-hydrogen) atoms. The molecule has 3 nitrogen and oxygen atoms in total. The van der Waals surface area contributed by atoms with Crippen LogP contribution in [0.3, 0.4) is 0 Å². The first kappa shape index (κ1) is 12.4. The van der Waals surface area contributed by atoms with Crippen molar-refractivity contribution < 1.29 is 8.42 Å². The van der Waals surface area contributed by atoms with Crippen LogP contribution < -0.4 is 5.32 Å². The van der Waals surface area contributed by atoms with E-state index in [4.69, 9.17) is 0 Å². The van der Waals surface area contributed by atoms with Crippen LogP contribution in [-0.2, 0) is 9.84 Å². The summed E-state index contributed by atoms with van der Waals surface area (Å²) in [5.41, 5.74) is 1.39. The molecule has 0 radical (unpaired) electrons. The normalized spacial score (nSPS) is 20.8. The van der Waals surface area contributed by atoms with Gasteiger partial charge < -0.3 is 5.32 Å². The lowest BCUT2D eigenvalue weighted by molar-refractivity contribution is 0.556. The Balaban J connectivity index is 2.60. The maximum atomic E-state index is 12.2. The van der Waals surface area contributed by atoms with Crippen LogP contribution in [0.2, 0.25) is 0 Å². The molecule has 1 aliphatic rings. The minimum Gasteiger partial charge on any atom is -0.378 e. The molecule has 0 saturated carbocycles. The third-order valence-electron chi connectivity index (χ3n) is 3.03. The van der Waals surface area contributed by atoms with E-state index in [1.165, 1.54) is 0 Å². The summed E-state index contributed by atoms with van der Waals surface area (Å²) in [5.74, 6) is 0.486. The first-order valence-corrected chi connectivity index (χ1v) is 7.51. The number of rotatable bonds is 1. The molecule has 1 N–H and O–H groups in total. The molecule has 4 heteroatoms. The lowest BCUT2D eigenvalue weighted by Crippen LogP contribution is -2.42. The van der Waals surface area contributed by atoms with Gasteiger partial charge in [-0.05, 0) is 37.5 Å². The van der Waals surface area contributed by atoms with Crippen LogP contribution >= 0.6 is 0 Å². The van der Waals surface area contributed by atoms with Gasteiger partial charge in [-0.3, -0.25) is 0 Å². The van der Waals surface area contributed by atoms with Gasteiger partial charge in [-0.25, -0.2) is 8.42 Å². The molecule has 0 saturated heterocycles. The van der Waals surface area contributed by atoms with Crippen LogP contribution in [0.15, 0.2) is 23.1 Å². The zero-order valence-corrected chi connectivity index (χ0v) is 11.6. The van der Waals surface area contributed by atoms with Crippen molar-refractivity contribution in [3.63, 3.8) is 0 Å². The van der Waals surface area contributed by atoms with Crippen molar-refractivity contribution in [3.8, 4) is 0 Å². The fraction of sp³-hybridized carbons (Fsp3) is 0.538. The van der Waals surface area contributed by atoms with Crippen molar-refractivity contribution >= 4 is 15.5 Å². The minimum atomic E-state index is -3.17. The lowest BCUT2D eigenvalue weighted by atomic mass is 10.0. The Morgan fingerprint density at radius 1 is 1.29 bits per heavy atom. The fourth-order valence-electron chi connectivity index (χ4n) is 2.21. The van der Waals surface area contributed by atoms with Crippen LogP contribution in [0, 0.1) is 0 Å². The summed E-state index contributed by atoms with van der Waals surface area (Å²) < 4.78 is 24.4. The van der Waals surface area contributed by atoms with E-state index >= 15 is 0 Å². The molecular weight excluding hydrogens is 234 g/mol. The van der Waals surface area contributed by atoms with Gasteiger partial charge >= 0.3 is 0 Å². The molecule has 0 bridgehead atoms. The monoisotopic (exact) mass is 253 g/mol. The summed E-state index contributed by atoms with van der Waals surface area (Å²) in [4.78, 5) is 0.447. The van der Waals surface area contributed by atoms with E-state index < -0.39 is 15.4 Å². The quantitative estimate of drug-likeness (QED) is 0.837. The molecule has 1 aliphatic heterocycles. The second-order valence-corrected chi connectivity index (χ2v) is 7.64. The Labute approximate surface area is 103 Å². The Hall–Kier alpha value is -1.03. The van der Waals surface area contributed by atoms with Gasteiger partial charge in [-0.1, -0.05) is 19.9 Å². The highest BCUT2D eigenvalue weighted by molar-refractivity contribution is 7.91. The van der Waals surface area contributed by atoms with Gasteiger partial charge in [0.15, 0.2) is 9.84 Å². The number of nitrogens with one attached hydrogen (secondary N) is 1. The average molecular weight is 253 g/mol. The number of anilines is 1. The van der Waals surface area contributed by atoms with Crippen molar-refractivity contribution in [1.29, 1.82) is 0 Å². The molecule has 94 valence electrons. The summed E-state index contributed by atoms with van der Waals surface area (Å²) in [7, 11) is -3.17. The van der Waals surface area contributed by atoms with Crippen LogP contribution in [0.25, 0.3) is 0 Å². The number of sulfone groups is 1. The standard InChI is InChI=1S/C13H19NO2S/c1-9(2)10-5-6-11-12(7-10)17(15,16)8-13(3,4)14-11/h5-7,9,14H,8H2,1-4H3. The second-order valence-electron chi connectivity index (χ2n) is 5.68. The predicted molar refractivity (Wildman–Crippen MR) is 70.3 cm³/mol. The van der Waals surface area contributed by atoms with Gasteiger partial charge in [0.05, 0.1) is 16.3 Å². The zero-order chi connectivity index (χ0) is 12.8. The van der Waals surface area contributed by atoms with Crippen LogP contribution in [0.5, 0.6) is 0 Å². The van der Waals surface area contributed by atoms with Crippen LogP contribution in [-0.4, -0.2) is 19.7 Å². The molecule has 0 fully saturated rings. The molecule has 0 spiro atoms. The highest BCUT2D eigenvalue weighted by atomic mass is 32.2. The molecule has 2 rings (SSSR count). The largest absolute Gasteiger partial charge is 0.378 e. The van der Waals surface area contributed by atoms with Gasteiger partial charge in [0.2, 0.25) is 0 Å². The van der Waals surface area contributed by atoms with E-state index in [1.54, 1.807) is 6.07 Å². The third kappa shape index (κ3) is 2.32. The van der Waals surface area contributed by atoms with Gasteiger partial charge in [-0.2, -0.15) is 0 Å². The van der Waals surface area contributed by atoms with Crippen molar-refractivity contribution in [2.24, 2.45) is 0 Å². The molecule has 1 aromatic rings. The van der Waals surface area contributed by atoms with E-state index in [0.717, 1.165) is 11.3 Å². The average Bonchev–Trinajstić information content (AvgIpc) is 2.13. The highest BCUT2D eigenvalue weighted by Crippen LogP contribution is 2.34. The van der Waals surface area contributed by atoms with Crippen LogP contribution in [0.1, 0.15) is 39.2 Å². The molecule has 0 amide bonds. The number of benzene rings is 1. The Kier molecular flexibility index (Phi) is 2.73. The van der Waals surface area contributed by atoms with Gasteiger partial charge in [0.25, 0.3) is 0 Å². The van der Waals surface area contributed by atoms with Crippen molar-refractivity contribution in [2.75, 3.05) is 11.1 Å². The summed E-state index contributed by atoms with van der Waals surface area (Å²) in [6, 6.07) is 5.67. The lowest BCUT2D eigenvalue weighted by Gasteiger charge is -2.33. The van der Waals surface area contributed by atoms with Crippen molar-refractivity contribution in [3.05, 3.63) is 23.8 Å². The summed E-state index contributed by atoms with van der Waals surface area (Å²) in [6.45, 7) is 7.94. The minimum absolute atomic E-state index is 0.147. The topological polar surface area (TPSA) is 46.2 Å². The maximum absolute atomic E-state index is 12.2. The fourth-order valence-corrected chi connectivity index (χ4v) is 4.16. The predicted octanol–water partition coefficient (Wildman–Crippen LogP) is 2.79. The molecule has 1 aromatic carbocycles. The molecule has 0 aliphatic carbocycles. The molecular formula is C13H19NO2S. The summed E-state index contributed by atoms with van der Waals surface area (Å²) >= 11 is 0. The molecule has 0 atom stereocenters. The van der Waals surface area contributed by atoms with Gasteiger partial charge in [0.1, 0.15) is 0 Å². The van der Waals surface area contributed by atoms with E-state index in [2.05, 4.69) is 19.2 Å². The van der Waals surface area contributed by atoms with Crippen molar-refractivity contribution in [1.82, 2.24) is 0 Å². The SMILES string of the molecule is CC(C)c1ccc2c(c1)S(=O)(=O)CC(C)(C)N2. The maximum Gasteiger partial charge on any atom is 0.182 e. The van der Waals surface area contributed by atoms with E-state index in [-0.39, 0.29) is 5.75 Å². The highest BCUT2D eigenvalue weighted by Gasteiger charge is 2.35. The van der Waals surface area contributed by atoms with E-state index in [1.807, 2.05) is 26.0 Å². The second kappa shape index (κ2) is 3.73. The number of fused-ring (bicyclic) bond motifs is 1. The smallest absolute Gasteiger partial charge is 0.182 e. The number of hydrogen-bond acceptors (Lipinski definition) is 3. The van der Waals surface area contributed by atoms with Crippen LogP contribution in [0.4, 0.5) is 5.69 Å². The molecule has 0 unspecified atom stereocenters. The Morgan fingerprint density at radius 3 is 2.53 bits per heavy atom. The third-order valence-corrected chi connectivity index (χ3v) is 5.14. The van der Waals surface area contributed by atoms with E-state index in [9.17, 15) is 8.42 Å². The molecule has 0 aromatic heterocycles. The summed E-state index contributed by atoms with van der Waals surface area (Å²) in [6.07, 6.45) is 0.